The van der Waals surface area contributed by atoms with Gasteiger partial charge in [-0.15, -0.1) is 0 Å². The second kappa shape index (κ2) is 2.93. The van der Waals surface area contributed by atoms with E-state index in [-0.39, 0.29) is 0 Å². The van der Waals surface area contributed by atoms with Crippen molar-refractivity contribution >= 4 is 24.9 Å². The number of aromatic nitrogens is 1. The van der Waals surface area contributed by atoms with Gasteiger partial charge in [-0.05, 0) is 6.07 Å². The number of rotatable bonds is 1. The van der Waals surface area contributed by atoms with E-state index in [0.717, 1.165) is 5.46 Å². The first-order chi connectivity index (χ1) is 4.75. The van der Waals surface area contributed by atoms with E-state index in [2.05, 4.69) is 4.98 Å². The van der Waals surface area contributed by atoms with Gasteiger partial charge in [-0.2, -0.15) is 0 Å². The minimum Gasteiger partial charge on any atom is -0.480 e. The standard InChI is InChI=1S/C6H7BClNO/c1-10-6-5(8)4(7)2-3-9-6/h2-3H,7H2,1H3. The lowest BCUT2D eigenvalue weighted by Crippen LogP contribution is -2.05. The summed E-state index contributed by atoms with van der Waals surface area (Å²) in [6.45, 7) is 0. The Hall–Kier alpha value is -0.695. The van der Waals surface area contributed by atoms with Crippen molar-refractivity contribution in [3.05, 3.63) is 17.3 Å². The summed E-state index contributed by atoms with van der Waals surface area (Å²) in [5.74, 6) is 0.488. The molecule has 0 spiro atoms. The molecule has 0 bridgehead atoms. The number of ether oxygens (including phenoxy) is 1. The Morgan fingerprint density at radius 3 is 2.90 bits per heavy atom. The second-order valence-corrected chi connectivity index (χ2v) is 2.33. The lowest BCUT2D eigenvalue weighted by molar-refractivity contribution is 0.398. The Morgan fingerprint density at radius 1 is 1.70 bits per heavy atom. The lowest BCUT2D eigenvalue weighted by atomic mass is 9.98. The second-order valence-electron chi connectivity index (χ2n) is 1.95. The topological polar surface area (TPSA) is 22.1 Å². The van der Waals surface area contributed by atoms with Crippen LogP contribution < -0.4 is 10.2 Å². The highest BCUT2D eigenvalue weighted by Gasteiger charge is 2.01. The number of hydrogen-bond donors (Lipinski definition) is 0. The molecule has 0 radical (unpaired) electrons. The van der Waals surface area contributed by atoms with E-state index in [1.807, 2.05) is 13.9 Å². The number of hydrogen-bond acceptors (Lipinski definition) is 2. The zero-order valence-corrected chi connectivity index (χ0v) is 6.64. The summed E-state index contributed by atoms with van der Waals surface area (Å²) < 4.78 is 4.88. The quantitative estimate of drug-likeness (QED) is 0.533. The van der Waals surface area contributed by atoms with Gasteiger partial charge in [0.2, 0.25) is 5.88 Å². The van der Waals surface area contributed by atoms with Gasteiger partial charge in [0.25, 0.3) is 0 Å². The molecule has 52 valence electrons. The first-order valence-electron chi connectivity index (χ1n) is 2.91. The maximum atomic E-state index is 5.81. The average Bonchev–Trinajstić information content (AvgIpc) is 1.95. The Morgan fingerprint density at radius 2 is 2.40 bits per heavy atom. The molecule has 10 heavy (non-hydrogen) atoms. The van der Waals surface area contributed by atoms with Crippen LogP contribution in [-0.2, 0) is 0 Å². The third kappa shape index (κ3) is 1.24. The van der Waals surface area contributed by atoms with Crippen LogP contribution in [0.3, 0.4) is 0 Å². The van der Waals surface area contributed by atoms with Crippen molar-refractivity contribution < 1.29 is 4.74 Å². The Kier molecular flexibility index (Phi) is 2.17. The molecule has 1 heterocycles. The summed E-state index contributed by atoms with van der Waals surface area (Å²) in [5, 5.41) is 0.588. The molecule has 0 aliphatic carbocycles. The molecular weight excluding hydrogens is 148 g/mol. The predicted octanol–water partition coefficient (Wildman–Crippen LogP) is 0.00200. The fraction of sp³-hybridized carbons (Fsp3) is 0.167. The molecule has 1 aromatic rings. The van der Waals surface area contributed by atoms with E-state index in [9.17, 15) is 0 Å². The van der Waals surface area contributed by atoms with Gasteiger partial charge in [0.05, 0.1) is 12.1 Å². The summed E-state index contributed by atoms with van der Waals surface area (Å²) in [6.07, 6.45) is 1.67. The summed E-state index contributed by atoms with van der Waals surface area (Å²) in [6, 6.07) is 1.84. The molecular formula is C6H7BClNO. The molecule has 0 unspecified atom stereocenters. The van der Waals surface area contributed by atoms with Gasteiger partial charge in [0.15, 0.2) is 0 Å². The number of pyridine rings is 1. The van der Waals surface area contributed by atoms with Gasteiger partial charge in [0, 0.05) is 6.20 Å². The van der Waals surface area contributed by atoms with Gasteiger partial charge < -0.3 is 4.74 Å². The van der Waals surface area contributed by atoms with Crippen LogP contribution in [0.2, 0.25) is 5.02 Å². The van der Waals surface area contributed by atoms with Gasteiger partial charge in [-0.1, -0.05) is 17.1 Å². The molecule has 0 saturated heterocycles. The fourth-order valence-electron chi connectivity index (χ4n) is 0.658. The van der Waals surface area contributed by atoms with Crippen LogP contribution in [0, 0.1) is 0 Å². The van der Waals surface area contributed by atoms with Crippen molar-refractivity contribution in [1.82, 2.24) is 4.98 Å². The smallest absolute Gasteiger partial charge is 0.231 e. The predicted molar refractivity (Wildman–Crippen MR) is 44.0 cm³/mol. The molecule has 0 atom stereocenters. The molecule has 2 nitrogen and oxygen atoms in total. The SMILES string of the molecule is Bc1ccnc(OC)c1Cl. The van der Waals surface area contributed by atoms with E-state index in [0.29, 0.717) is 10.9 Å². The van der Waals surface area contributed by atoms with Crippen LogP contribution >= 0.6 is 11.6 Å². The molecule has 0 aliphatic heterocycles. The monoisotopic (exact) mass is 155 g/mol. The van der Waals surface area contributed by atoms with Crippen molar-refractivity contribution in [3.63, 3.8) is 0 Å². The zero-order chi connectivity index (χ0) is 7.56. The van der Waals surface area contributed by atoms with Crippen molar-refractivity contribution in [1.29, 1.82) is 0 Å². The maximum absolute atomic E-state index is 5.81. The van der Waals surface area contributed by atoms with Crippen molar-refractivity contribution in [3.8, 4) is 5.88 Å². The summed E-state index contributed by atoms with van der Waals surface area (Å²) in [4.78, 5) is 3.90. The Labute approximate surface area is 65.6 Å². The molecule has 1 aromatic heterocycles. The molecule has 0 fully saturated rings. The first kappa shape index (κ1) is 7.41. The van der Waals surface area contributed by atoms with E-state index in [4.69, 9.17) is 16.3 Å². The fourth-order valence-corrected chi connectivity index (χ4v) is 0.847. The van der Waals surface area contributed by atoms with E-state index < -0.39 is 0 Å². The Bertz CT molecular complexity index is 241. The molecule has 0 aliphatic rings. The molecule has 0 N–H and O–H groups in total. The van der Waals surface area contributed by atoms with Crippen LogP contribution in [0.1, 0.15) is 0 Å². The maximum Gasteiger partial charge on any atom is 0.231 e. The molecule has 0 amide bonds. The van der Waals surface area contributed by atoms with Crippen LogP contribution in [0.4, 0.5) is 0 Å². The minimum absolute atomic E-state index is 0.488. The van der Waals surface area contributed by atoms with Crippen LogP contribution in [0.5, 0.6) is 5.88 Å². The largest absolute Gasteiger partial charge is 0.480 e. The summed E-state index contributed by atoms with van der Waals surface area (Å²) in [7, 11) is 3.46. The third-order valence-electron chi connectivity index (χ3n) is 1.24. The van der Waals surface area contributed by atoms with Gasteiger partial charge in [-0.25, -0.2) is 4.98 Å². The zero-order valence-electron chi connectivity index (χ0n) is 5.89. The number of methoxy groups -OCH3 is 1. The molecule has 1 rings (SSSR count). The van der Waals surface area contributed by atoms with Crippen LogP contribution in [-0.4, -0.2) is 19.9 Å². The number of halogens is 1. The molecule has 4 heteroatoms. The van der Waals surface area contributed by atoms with E-state index in [1.165, 1.54) is 0 Å². The normalized spacial score (nSPS) is 9.40. The van der Waals surface area contributed by atoms with Crippen molar-refractivity contribution in [2.24, 2.45) is 0 Å². The van der Waals surface area contributed by atoms with Gasteiger partial charge >= 0.3 is 0 Å². The highest BCUT2D eigenvalue weighted by Crippen LogP contribution is 2.16. The molecule has 0 saturated carbocycles. The average molecular weight is 155 g/mol. The van der Waals surface area contributed by atoms with E-state index in [1.54, 1.807) is 13.3 Å². The highest BCUT2D eigenvalue weighted by molar-refractivity contribution is 6.45. The number of nitrogens with zero attached hydrogens (tertiary/aromatic N) is 1. The van der Waals surface area contributed by atoms with Crippen LogP contribution in [0.15, 0.2) is 12.3 Å². The van der Waals surface area contributed by atoms with E-state index >= 15 is 0 Å². The van der Waals surface area contributed by atoms with Crippen molar-refractivity contribution in [2.45, 2.75) is 0 Å². The van der Waals surface area contributed by atoms with Gasteiger partial charge in [0.1, 0.15) is 7.85 Å². The summed E-state index contributed by atoms with van der Waals surface area (Å²) >= 11 is 5.81. The molecule has 0 aromatic carbocycles. The summed E-state index contributed by atoms with van der Waals surface area (Å²) in [5.41, 5.74) is 0.980. The highest BCUT2D eigenvalue weighted by atomic mass is 35.5. The first-order valence-corrected chi connectivity index (χ1v) is 3.28. The van der Waals surface area contributed by atoms with Crippen molar-refractivity contribution in [2.75, 3.05) is 7.11 Å². The lowest BCUT2D eigenvalue weighted by Gasteiger charge is -2.01. The van der Waals surface area contributed by atoms with Crippen LogP contribution in [0.25, 0.3) is 0 Å². The Balaban J connectivity index is 3.14. The third-order valence-corrected chi connectivity index (χ3v) is 1.70. The minimum atomic E-state index is 0.488. The van der Waals surface area contributed by atoms with Gasteiger partial charge in [-0.3, -0.25) is 0 Å².